The summed E-state index contributed by atoms with van der Waals surface area (Å²) in [7, 11) is 1.89. The van der Waals surface area contributed by atoms with Crippen molar-refractivity contribution in [2.75, 3.05) is 18.5 Å². The highest BCUT2D eigenvalue weighted by atomic mass is 16.2. The Morgan fingerprint density at radius 2 is 2.42 bits per heavy atom. The van der Waals surface area contributed by atoms with Crippen LogP contribution in [0.3, 0.4) is 0 Å². The van der Waals surface area contributed by atoms with E-state index in [1.165, 1.54) is 0 Å². The van der Waals surface area contributed by atoms with Crippen LogP contribution in [0.15, 0.2) is 12.4 Å². The molecule has 0 atom stereocenters. The summed E-state index contributed by atoms with van der Waals surface area (Å²) in [4.78, 5) is 0. The van der Waals surface area contributed by atoms with Crippen molar-refractivity contribution in [3.05, 3.63) is 12.4 Å². The van der Waals surface area contributed by atoms with E-state index in [4.69, 9.17) is 5.11 Å². The minimum Gasteiger partial charge on any atom is -0.396 e. The summed E-state index contributed by atoms with van der Waals surface area (Å²) in [5.74, 6) is 0. The van der Waals surface area contributed by atoms with E-state index in [1.54, 1.807) is 10.9 Å². The highest BCUT2D eigenvalue weighted by Gasteiger charge is 1.92. The molecule has 1 rings (SSSR count). The van der Waals surface area contributed by atoms with Crippen LogP contribution in [0.5, 0.6) is 0 Å². The Balaban J connectivity index is 2.15. The molecule has 68 valence electrons. The number of unbranched alkanes of at least 4 members (excludes halogenated alkanes) is 1. The van der Waals surface area contributed by atoms with Crippen LogP contribution in [0, 0.1) is 0 Å². The first-order chi connectivity index (χ1) is 5.83. The molecule has 0 aliphatic heterocycles. The number of aliphatic hydroxyl groups is 1. The Hall–Kier alpha value is -1.03. The Labute approximate surface area is 72.2 Å². The molecular weight excluding hydrogens is 154 g/mol. The van der Waals surface area contributed by atoms with Gasteiger partial charge in [-0.1, -0.05) is 0 Å². The summed E-state index contributed by atoms with van der Waals surface area (Å²) in [6.45, 7) is 1.17. The van der Waals surface area contributed by atoms with Gasteiger partial charge in [0.15, 0.2) is 0 Å². The lowest BCUT2D eigenvalue weighted by Gasteiger charge is -2.00. The summed E-state index contributed by atoms with van der Waals surface area (Å²) < 4.78 is 1.76. The lowest BCUT2D eigenvalue weighted by Crippen LogP contribution is -2.01. The number of hydrogen-bond acceptors (Lipinski definition) is 3. The van der Waals surface area contributed by atoms with E-state index >= 15 is 0 Å². The first-order valence-electron chi connectivity index (χ1n) is 4.16. The van der Waals surface area contributed by atoms with Gasteiger partial charge in [-0.15, -0.1) is 0 Å². The van der Waals surface area contributed by atoms with E-state index < -0.39 is 0 Å². The number of hydrogen-bond donors (Lipinski definition) is 2. The van der Waals surface area contributed by atoms with Crippen LogP contribution in [0.4, 0.5) is 5.69 Å². The Morgan fingerprint density at radius 1 is 1.58 bits per heavy atom. The fourth-order valence-electron chi connectivity index (χ4n) is 0.982. The average Bonchev–Trinajstić information content (AvgIpc) is 2.45. The van der Waals surface area contributed by atoms with Crippen molar-refractivity contribution in [2.45, 2.75) is 12.8 Å². The first-order valence-corrected chi connectivity index (χ1v) is 4.16. The van der Waals surface area contributed by atoms with Gasteiger partial charge in [-0.3, -0.25) is 4.68 Å². The Bertz CT molecular complexity index is 222. The Morgan fingerprint density at radius 3 is 3.00 bits per heavy atom. The summed E-state index contributed by atoms with van der Waals surface area (Å²) >= 11 is 0. The maximum atomic E-state index is 8.52. The third-order valence-corrected chi connectivity index (χ3v) is 1.62. The minimum absolute atomic E-state index is 0.273. The zero-order chi connectivity index (χ0) is 8.81. The molecule has 0 saturated carbocycles. The lowest BCUT2D eigenvalue weighted by atomic mass is 10.3. The van der Waals surface area contributed by atoms with Crippen LogP contribution in [0.1, 0.15) is 12.8 Å². The van der Waals surface area contributed by atoms with Crippen LogP contribution in [-0.2, 0) is 7.05 Å². The normalized spacial score (nSPS) is 10.2. The van der Waals surface area contributed by atoms with Gasteiger partial charge in [0.25, 0.3) is 0 Å². The molecular formula is C8H15N3O. The van der Waals surface area contributed by atoms with Crippen molar-refractivity contribution in [3.63, 3.8) is 0 Å². The smallest absolute Gasteiger partial charge is 0.0726 e. The number of anilines is 1. The van der Waals surface area contributed by atoms with E-state index in [0.717, 1.165) is 25.1 Å². The van der Waals surface area contributed by atoms with Gasteiger partial charge < -0.3 is 10.4 Å². The molecule has 0 amide bonds. The third kappa shape index (κ3) is 2.92. The molecule has 1 aromatic rings. The summed E-state index contributed by atoms with van der Waals surface area (Å²) in [5.41, 5.74) is 1.04. The SMILES string of the molecule is Cn1cc(NCCCCO)cn1. The molecule has 12 heavy (non-hydrogen) atoms. The topological polar surface area (TPSA) is 50.1 Å². The molecule has 0 saturated heterocycles. The predicted molar refractivity (Wildman–Crippen MR) is 48.0 cm³/mol. The van der Waals surface area contributed by atoms with E-state index in [2.05, 4.69) is 10.4 Å². The highest BCUT2D eigenvalue weighted by Crippen LogP contribution is 2.03. The van der Waals surface area contributed by atoms with E-state index in [9.17, 15) is 0 Å². The van der Waals surface area contributed by atoms with Crippen LogP contribution >= 0.6 is 0 Å². The molecule has 1 heterocycles. The molecule has 0 aliphatic carbocycles. The van der Waals surface area contributed by atoms with Crippen LogP contribution in [-0.4, -0.2) is 28.0 Å². The van der Waals surface area contributed by atoms with Gasteiger partial charge >= 0.3 is 0 Å². The van der Waals surface area contributed by atoms with Crippen molar-refractivity contribution in [2.24, 2.45) is 7.05 Å². The summed E-state index contributed by atoms with van der Waals surface area (Å²) in [6, 6.07) is 0. The summed E-state index contributed by atoms with van der Waals surface area (Å²) in [5, 5.41) is 15.7. The van der Waals surface area contributed by atoms with Crippen molar-refractivity contribution >= 4 is 5.69 Å². The molecule has 4 heteroatoms. The quantitative estimate of drug-likeness (QED) is 0.635. The van der Waals surface area contributed by atoms with Crippen LogP contribution in [0.25, 0.3) is 0 Å². The van der Waals surface area contributed by atoms with Crippen LogP contribution in [0.2, 0.25) is 0 Å². The second-order valence-corrected chi connectivity index (χ2v) is 2.76. The molecule has 0 aliphatic rings. The van der Waals surface area contributed by atoms with Gasteiger partial charge in [0.1, 0.15) is 0 Å². The molecule has 2 N–H and O–H groups in total. The predicted octanol–water partition coefficient (Wildman–Crippen LogP) is 0.604. The maximum absolute atomic E-state index is 8.52. The molecule has 1 aromatic heterocycles. The van der Waals surface area contributed by atoms with E-state index in [-0.39, 0.29) is 6.61 Å². The number of rotatable bonds is 5. The number of nitrogens with zero attached hydrogens (tertiary/aromatic N) is 2. The molecule has 0 unspecified atom stereocenters. The van der Waals surface area contributed by atoms with Crippen molar-refractivity contribution in [1.82, 2.24) is 9.78 Å². The second kappa shape index (κ2) is 4.77. The van der Waals surface area contributed by atoms with Gasteiger partial charge in [-0.25, -0.2) is 0 Å². The van der Waals surface area contributed by atoms with Crippen molar-refractivity contribution < 1.29 is 5.11 Å². The van der Waals surface area contributed by atoms with Crippen molar-refractivity contribution in [1.29, 1.82) is 0 Å². The fraction of sp³-hybridized carbons (Fsp3) is 0.625. The van der Waals surface area contributed by atoms with Gasteiger partial charge in [0.2, 0.25) is 0 Å². The van der Waals surface area contributed by atoms with Crippen molar-refractivity contribution in [3.8, 4) is 0 Å². The molecule has 0 fully saturated rings. The highest BCUT2D eigenvalue weighted by molar-refractivity contribution is 5.37. The average molecular weight is 169 g/mol. The van der Waals surface area contributed by atoms with E-state index in [0.29, 0.717) is 0 Å². The number of aromatic nitrogens is 2. The molecule has 0 spiro atoms. The third-order valence-electron chi connectivity index (χ3n) is 1.62. The zero-order valence-electron chi connectivity index (χ0n) is 7.32. The number of nitrogens with one attached hydrogen (secondary N) is 1. The van der Waals surface area contributed by atoms with E-state index in [1.807, 2.05) is 13.2 Å². The standard InChI is InChI=1S/C8H15N3O/c1-11-7-8(6-10-11)9-4-2-3-5-12/h6-7,9,12H,2-5H2,1H3. The maximum Gasteiger partial charge on any atom is 0.0726 e. The van der Waals surface area contributed by atoms with Crippen LogP contribution < -0.4 is 5.32 Å². The number of aliphatic hydroxyl groups excluding tert-OH is 1. The molecule has 4 nitrogen and oxygen atoms in total. The largest absolute Gasteiger partial charge is 0.396 e. The Kier molecular flexibility index (Phi) is 3.60. The van der Waals surface area contributed by atoms with Gasteiger partial charge in [-0.2, -0.15) is 5.10 Å². The van der Waals surface area contributed by atoms with Gasteiger partial charge in [-0.05, 0) is 12.8 Å². The fourth-order valence-corrected chi connectivity index (χ4v) is 0.982. The monoisotopic (exact) mass is 169 g/mol. The number of aryl methyl sites for hydroxylation is 1. The molecule has 0 radical (unpaired) electrons. The second-order valence-electron chi connectivity index (χ2n) is 2.76. The molecule has 0 aromatic carbocycles. The molecule has 0 bridgehead atoms. The minimum atomic E-state index is 0.273. The lowest BCUT2D eigenvalue weighted by molar-refractivity contribution is 0.286. The van der Waals surface area contributed by atoms with Gasteiger partial charge in [0, 0.05) is 26.4 Å². The summed E-state index contributed by atoms with van der Waals surface area (Å²) in [6.07, 6.45) is 5.57. The van der Waals surface area contributed by atoms with Gasteiger partial charge in [0.05, 0.1) is 11.9 Å². The first kappa shape index (κ1) is 9.06. The zero-order valence-corrected chi connectivity index (χ0v) is 7.32.